The highest BCUT2D eigenvalue weighted by Gasteiger charge is 2.21. The van der Waals surface area contributed by atoms with E-state index in [0.717, 1.165) is 23.8 Å². The highest BCUT2D eigenvalue weighted by atomic mass is 32.1. The highest BCUT2D eigenvalue weighted by Crippen LogP contribution is 2.35. The maximum atomic E-state index is 13.7. The lowest BCUT2D eigenvalue weighted by Crippen LogP contribution is -2.01. The van der Waals surface area contributed by atoms with Crippen molar-refractivity contribution >= 4 is 11.3 Å². The smallest absolute Gasteiger partial charge is 0.132 e. The van der Waals surface area contributed by atoms with Gasteiger partial charge in [0.2, 0.25) is 0 Å². The van der Waals surface area contributed by atoms with Crippen molar-refractivity contribution < 1.29 is 13.9 Å². The molecule has 1 aromatic heterocycles. The summed E-state index contributed by atoms with van der Waals surface area (Å²) in [7, 11) is 0. The summed E-state index contributed by atoms with van der Waals surface area (Å²) in [4.78, 5) is 2.04. The third-order valence-corrected chi connectivity index (χ3v) is 4.83. The standard InChI is InChI=1S/C15H14F2OS/c16-10-5-6-11(12(17)8-10)15(18)14-7-9-3-1-2-4-13(9)19-14/h5-8,15,18H,1-4H2. The molecule has 1 atom stereocenters. The van der Waals surface area contributed by atoms with Crippen LogP contribution < -0.4 is 0 Å². The van der Waals surface area contributed by atoms with Crippen LogP contribution in [0.4, 0.5) is 8.78 Å². The Morgan fingerprint density at radius 3 is 2.63 bits per heavy atom. The van der Waals surface area contributed by atoms with Gasteiger partial charge in [-0.2, -0.15) is 0 Å². The number of aliphatic hydroxyl groups excluding tert-OH is 1. The lowest BCUT2D eigenvalue weighted by atomic mass is 9.98. The van der Waals surface area contributed by atoms with Crippen molar-refractivity contribution in [2.45, 2.75) is 31.8 Å². The van der Waals surface area contributed by atoms with Crippen LogP contribution in [0.15, 0.2) is 24.3 Å². The molecule has 3 rings (SSSR count). The van der Waals surface area contributed by atoms with Gasteiger partial charge < -0.3 is 5.11 Å². The van der Waals surface area contributed by atoms with Gasteiger partial charge in [0.25, 0.3) is 0 Å². The summed E-state index contributed by atoms with van der Waals surface area (Å²) in [6, 6.07) is 5.27. The molecule has 0 spiro atoms. The molecule has 19 heavy (non-hydrogen) atoms. The van der Waals surface area contributed by atoms with E-state index in [4.69, 9.17) is 0 Å². The molecule has 0 amide bonds. The second kappa shape index (κ2) is 5.02. The van der Waals surface area contributed by atoms with Gasteiger partial charge in [-0.15, -0.1) is 11.3 Å². The lowest BCUT2D eigenvalue weighted by Gasteiger charge is -2.09. The molecular formula is C15H14F2OS. The van der Waals surface area contributed by atoms with Crippen LogP contribution in [0, 0.1) is 11.6 Å². The van der Waals surface area contributed by atoms with Crippen LogP contribution in [0.2, 0.25) is 0 Å². The first-order valence-electron chi connectivity index (χ1n) is 6.39. The number of halogens is 2. The number of aryl methyl sites for hydroxylation is 2. The van der Waals surface area contributed by atoms with E-state index in [-0.39, 0.29) is 5.56 Å². The van der Waals surface area contributed by atoms with E-state index in [1.165, 1.54) is 35.4 Å². The van der Waals surface area contributed by atoms with E-state index < -0.39 is 17.7 Å². The van der Waals surface area contributed by atoms with Gasteiger partial charge >= 0.3 is 0 Å². The molecule has 0 saturated carbocycles. The highest BCUT2D eigenvalue weighted by molar-refractivity contribution is 7.12. The Morgan fingerprint density at radius 2 is 1.89 bits per heavy atom. The fraction of sp³-hybridized carbons (Fsp3) is 0.333. The second-order valence-corrected chi connectivity index (χ2v) is 6.04. The molecule has 1 aliphatic rings. The van der Waals surface area contributed by atoms with E-state index >= 15 is 0 Å². The average Bonchev–Trinajstić information content (AvgIpc) is 2.81. The topological polar surface area (TPSA) is 20.2 Å². The summed E-state index contributed by atoms with van der Waals surface area (Å²) in [5.74, 6) is -1.32. The maximum absolute atomic E-state index is 13.7. The van der Waals surface area contributed by atoms with Crippen molar-refractivity contribution in [1.82, 2.24) is 0 Å². The van der Waals surface area contributed by atoms with Crippen molar-refractivity contribution in [3.05, 3.63) is 56.8 Å². The molecule has 0 fully saturated rings. The van der Waals surface area contributed by atoms with Gasteiger partial charge in [0.15, 0.2) is 0 Å². The minimum atomic E-state index is -1.00. The van der Waals surface area contributed by atoms with Gasteiger partial charge in [-0.05, 0) is 43.4 Å². The zero-order valence-corrected chi connectivity index (χ0v) is 11.1. The van der Waals surface area contributed by atoms with E-state index in [2.05, 4.69) is 0 Å². The second-order valence-electron chi connectivity index (χ2n) is 4.87. The van der Waals surface area contributed by atoms with Crippen LogP contribution in [0.25, 0.3) is 0 Å². The zero-order chi connectivity index (χ0) is 13.4. The molecule has 0 bridgehead atoms. The van der Waals surface area contributed by atoms with Gasteiger partial charge in [-0.1, -0.05) is 6.07 Å². The Bertz CT molecular complexity index is 583. The largest absolute Gasteiger partial charge is 0.383 e. The monoisotopic (exact) mass is 280 g/mol. The summed E-state index contributed by atoms with van der Waals surface area (Å²) < 4.78 is 26.6. The number of hydrogen-bond donors (Lipinski definition) is 1. The van der Waals surface area contributed by atoms with Crippen LogP contribution in [0.3, 0.4) is 0 Å². The van der Waals surface area contributed by atoms with Crippen molar-refractivity contribution in [2.75, 3.05) is 0 Å². The molecule has 1 nitrogen and oxygen atoms in total. The molecule has 0 radical (unpaired) electrons. The third-order valence-electron chi connectivity index (χ3n) is 3.54. The van der Waals surface area contributed by atoms with Crippen molar-refractivity contribution in [3.63, 3.8) is 0 Å². The molecule has 0 saturated heterocycles. The predicted octanol–water partition coefficient (Wildman–Crippen LogP) is 3.99. The number of hydrogen-bond acceptors (Lipinski definition) is 2. The summed E-state index contributed by atoms with van der Waals surface area (Å²) in [5, 5.41) is 10.3. The van der Waals surface area contributed by atoms with Gasteiger partial charge in [0.05, 0.1) is 0 Å². The number of rotatable bonds is 2. The van der Waals surface area contributed by atoms with Crippen LogP contribution in [-0.4, -0.2) is 5.11 Å². The summed E-state index contributed by atoms with van der Waals surface area (Å²) >= 11 is 1.54. The van der Waals surface area contributed by atoms with Gasteiger partial charge in [-0.25, -0.2) is 8.78 Å². The fourth-order valence-corrected chi connectivity index (χ4v) is 3.79. The first-order chi connectivity index (χ1) is 9.15. The lowest BCUT2D eigenvalue weighted by molar-refractivity contribution is 0.218. The van der Waals surface area contributed by atoms with Crippen LogP contribution in [0.1, 0.15) is 39.8 Å². The number of thiophene rings is 1. The molecule has 1 aliphatic carbocycles. The maximum Gasteiger partial charge on any atom is 0.132 e. The molecule has 2 aromatic rings. The Labute approximate surface area is 114 Å². The molecule has 1 aromatic carbocycles. The SMILES string of the molecule is OC(c1cc2c(s1)CCCC2)c1ccc(F)cc1F. The van der Waals surface area contributed by atoms with Crippen molar-refractivity contribution in [2.24, 2.45) is 0 Å². The molecule has 100 valence electrons. The zero-order valence-electron chi connectivity index (χ0n) is 10.3. The Morgan fingerprint density at radius 1 is 1.11 bits per heavy atom. The van der Waals surface area contributed by atoms with E-state index in [1.807, 2.05) is 6.07 Å². The average molecular weight is 280 g/mol. The Kier molecular flexibility index (Phi) is 3.37. The normalized spacial score (nSPS) is 16.2. The minimum absolute atomic E-state index is 0.139. The molecular weight excluding hydrogens is 266 g/mol. The fourth-order valence-electron chi connectivity index (χ4n) is 2.52. The van der Waals surface area contributed by atoms with E-state index in [0.29, 0.717) is 0 Å². The molecule has 1 unspecified atom stereocenters. The van der Waals surface area contributed by atoms with Crippen molar-refractivity contribution in [3.8, 4) is 0 Å². The molecule has 1 heterocycles. The quantitative estimate of drug-likeness (QED) is 0.882. The van der Waals surface area contributed by atoms with E-state index in [1.54, 1.807) is 11.3 Å². The molecule has 1 N–H and O–H groups in total. The van der Waals surface area contributed by atoms with Gasteiger partial charge in [-0.3, -0.25) is 0 Å². The first kappa shape index (κ1) is 12.8. The summed E-state index contributed by atoms with van der Waals surface area (Å²) in [5.41, 5.74) is 1.41. The van der Waals surface area contributed by atoms with Crippen LogP contribution in [0.5, 0.6) is 0 Å². The minimum Gasteiger partial charge on any atom is -0.383 e. The molecule has 4 heteroatoms. The van der Waals surface area contributed by atoms with Gasteiger partial charge in [0.1, 0.15) is 17.7 Å². The van der Waals surface area contributed by atoms with Crippen molar-refractivity contribution in [1.29, 1.82) is 0 Å². The first-order valence-corrected chi connectivity index (χ1v) is 7.21. The summed E-state index contributed by atoms with van der Waals surface area (Å²) in [6.45, 7) is 0. The van der Waals surface area contributed by atoms with Crippen LogP contribution >= 0.6 is 11.3 Å². The summed E-state index contributed by atoms with van der Waals surface area (Å²) in [6.07, 6.45) is 3.41. The number of fused-ring (bicyclic) bond motifs is 1. The number of benzene rings is 1. The van der Waals surface area contributed by atoms with Crippen LogP contribution in [-0.2, 0) is 12.8 Å². The predicted molar refractivity (Wildman–Crippen MR) is 71.4 cm³/mol. The Balaban J connectivity index is 1.94. The van der Waals surface area contributed by atoms with E-state index in [9.17, 15) is 13.9 Å². The third kappa shape index (κ3) is 2.42. The number of aliphatic hydroxyl groups is 1. The Hall–Kier alpha value is -1.26. The molecule has 0 aliphatic heterocycles. The van der Waals surface area contributed by atoms with Gasteiger partial charge in [0, 0.05) is 21.4 Å².